The second kappa shape index (κ2) is 8.70. The predicted octanol–water partition coefficient (Wildman–Crippen LogP) is 4.70. The molecule has 1 heterocycles. The summed E-state index contributed by atoms with van der Waals surface area (Å²) in [6.07, 6.45) is 1.35. The number of ether oxygens (including phenoxy) is 1. The van der Waals surface area contributed by atoms with Crippen LogP contribution in [0.25, 0.3) is 11.3 Å². The average molecular weight is 458 g/mol. The van der Waals surface area contributed by atoms with Crippen LogP contribution in [0.5, 0.6) is 5.75 Å². The van der Waals surface area contributed by atoms with Gasteiger partial charge in [0.1, 0.15) is 17.3 Å². The maximum absolute atomic E-state index is 12.3. The monoisotopic (exact) mass is 457 g/mol. The third kappa shape index (κ3) is 4.69. The lowest BCUT2D eigenvalue weighted by molar-refractivity contribution is -0.384. The fraction of sp³-hybridized carbons (Fsp3) is 0.100. The van der Waals surface area contributed by atoms with Crippen LogP contribution in [0, 0.1) is 17.0 Å². The van der Waals surface area contributed by atoms with E-state index >= 15 is 0 Å². The molecule has 8 nitrogen and oxygen atoms in total. The summed E-state index contributed by atoms with van der Waals surface area (Å²) >= 11 is 3.31. The summed E-state index contributed by atoms with van der Waals surface area (Å²) in [5, 5.41) is 14.9. The van der Waals surface area contributed by atoms with Crippen LogP contribution in [0.4, 0.5) is 5.69 Å². The van der Waals surface area contributed by atoms with Crippen molar-refractivity contribution in [1.82, 2.24) is 5.43 Å². The van der Waals surface area contributed by atoms with E-state index in [1.165, 1.54) is 25.5 Å². The molecule has 148 valence electrons. The molecule has 9 heteroatoms. The van der Waals surface area contributed by atoms with Crippen molar-refractivity contribution >= 4 is 33.7 Å². The highest BCUT2D eigenvalue weighted by molar-refractivity contribution is 9.10. The SMILES string of the molecule is COc1ccc(Br)cc1C(=O)N/N=C\c1ccc(-c2cc([N+](=O)[O-])ccc2C)o1. The highest BCUT2D eigenvalue weighted by atomic mass is 79.9. The van der Waals surface area contributed by atoms with Crippen LogP contribution in [-0.4, -0.2) is 24.2 Å². The molecule has 0 atom stereocenters. The summed E-state index contributed by atoms with van der Waals surface area (Å²) in [5.74, 6) is 0.822. The predicted molar refractivity (Wildman–Crippen MR) is 111 cm³/mol. The van der Waals surface area contributed by atoms with Gasteiger partial charge in [-0.3, -0.25) is 14.9 Å². The highest BCUT2D eigenvalue weighted by Gasteiger charge is 2.14. The Hall–Kier alpha value is -3.46. The number of amides is 1. The molecule has 29 heavy (non-hydrogen) atoms. The van der Waals surface area contributed by atoms with Gasteiger partial charge >= 0.3 is 0 Å². The van der Waals surface area contributed by atoms with Crippen molar-refractivity contribution < 1.29 is 18.9 Å². The molecule has 1 aromatic heterocycles. The van der Waals surface area contributed by atoms with E-state index in [9.17, 15) is 14.9 Å². The lowest BCUT2D eigenvalue weighted by Crippen LogP contribution is -2.18. The summed E-state index contributed by atoms with van der Waals surface area (Å²) in [6.45, 7) is 1.83. The number of hydrogen-bond donors (Lipinski definition) is 1. The Labute approximate surface area is 174 Å². The fourth-order valence-corrected chi connectivity index (χ4v) is 2.99. The minimum Gasteiger partial charge on any atom is -0.496 e. The minimum absolute atomic E-state index is 0.0209. The summed E-state index contributed by atoms with van der Waals surface area (Å²) < 4.78 is 11.6. The van der Waals surface area contributed by atoms with Gasteiger partial charge in [0.15, 0.2) is 0 Å². The highest BCUT2D eigenvalue weighted by Crippen LogP contribution is 2.29. The van der Waals surface area contributed by atoms with Gasteiger partial charge in [-0.1, -0.05) is 22.0 Å². The fourth-order valence-electron chi connectivity index (χ4n) is 2.63. The maximum Gasteiger partial charge on any atom is 0.275 e. The van der Waals surface area contributed by atoms with E-state index < -0.39 is 10.8 Å². The van der Waals surface area contributed by atoms with Crippen molar-refractivity contribution in [3.05, 3.63) is 80.0 Å². The van der Waals surface area contributed by atoms with Crippen molar-refractivity contribution in [3.8, 4) is 17.1 Å². The largest absolute Gasteiger partial charge is 0.496 e. The lowest BCUT2D eigenvalue weighted by Gasteiger charge is -2.07. The van der Waals surface area contributed by atoms with E-state index in [1.807, 2.05) is 6.92 Å². The number of furan rings is 1. The van der Waals surface area contributed by atoms with E-state index in [0.29, 0.717) is 28.4 Å². The van der Waals surface area contributed by atoms with E-state index in [-0.39, 0.29) is 5.69 Å². The van der Waals surface area contributed by atoms with Crippen LogP contribution >= 0.6 is 15.9 Å². The number of halogens is 1. The molecule has 0 spiro atoms. The van der Waals surface area contributed by atoms with E-state index in [0.717, 1.165) is 10.0 Å². The number of carbonyl (C=O) groups excluding carboxylic acids is 1. The number of hydrazone groups is 1. The number of aryl methyl sites for hydroxylation is 1. The molecule has 0 aliphatic heterocycles. The van der Waals surface area contributed by atoms with Gasteiger partial charge in [-0.25, -0.2) is 5.43 Å². The van der Waals surface area contributed by atoms with Crippen LogP contribution in [0.15, 0.2) is 62.5 Å². The van der Waals surface area contributed by atoms with Crippen molar-refractivity contribution in [1.29, 1.82) is 0 Å². The number of nitro groups is 1. The van der Waals surface area contributed by atoms with Gasteiger partial charge in [0.25, 0.3) is 11.6 Å². The van der Waals surface area contributed by atoms with Gasteiger partial charge in [-0.2, -0.15) is 5.10 Å². The smallest absolute Gasteiger partial charge is 0.275 e. The van der Waals surface area contributed by atoms with Crippen molar-refractivity contribution in [2.24, 2.45) is 5.10 Å². The summed E-state index contributed by atoms with van der Waals surface area (Å²) in [4.78, 5) is 22.9. The van der Waals surface area contributed by atoms with Gasteiger partial charge in [0.05, 0.1) is 23.8 Å². The van der Waals surface area contributed by atoms with Gasteiger partial charge in [0, 0.05) is 22.2 Å². The van der Waals surface area contributed by atoms with Crippen LogP contribution < -0.4 is 10.2 Å². The molecule has 0 fully saturated rings. The number of hydrogen-bond acceptors (Lipinski definition) is 6. The molecule has 3 aromatic rings. The molecule has 0 saturated heterocycles. The molecule has 1 amide bonds. The Morgan fingerprint density at radius 2 is 2.03 bits per heavy atom. The topological polar surface area (TPSA) is 107 Å². The molecule has 0 bridgehead atoms. The number of methoxy groups -OCH3 is 1. The quantitative estimate of drug-likeness (QED) is 0.328. The Morgan fingerprint density at radius 1 is 1.24 bits per heavy atom. The number of non-ortho nitro benzene ring substituents is 1. The summed E-state index contributed by atoms with van der Waals surface area (Å²) in [7, 11) is 1.48. The van der Waals surface area contributed by atoms with E-state index in [4.69, 9.17) is 9.15 Å². The van der Waals surface area contributed by atoms with Crippen molar-refractivity contribution in [2.75, 3.05) is 7.11 Å². The van der Waals surface area contributed by atoms with Crippen LogP contribution in [-0.2, 0) is 0 Å². The molecule has 0 aliphatic rings. The van der Waals surface area contributed by atoms with Gasteiger partial charge in [-0.15, -0.1) is 0 Å². The molecular weight excluding hydrogens is 442 g/mol. The molecule has 2 aromatic carbocycles. The van der Waals surface area contributed by atoms with Gasteiger partial charge in [-0.05, 0) is 42.8 Å². The third-order valence-electron chi connectivity index (χ3n) is 4.09. The normalized spacial score (nSPS) is 10.9. The zero-order valence-corrected chi connectivity index (χ0v) is 17.1. The summed E-state index contributed by atoms with van der Waals surface area (Å²) in [6, 6.07) is 13.0. The maximum atomic E-state index is 12.3. The second-order valence-electron chi connectivity index (χ2n) is 6.00. The van der Waals surface area contributed by atoms with Gasteiger partial charge < -0.3 is 9.15 Å². The summed E-state index contributed by atoms with van der Waals surface area (Å²) in [5.41, 5.74) is 4.17. The average Bonchev–Trinajstić information content (AvgIpc) is 3.16. The standard InChI is InChI=1S/C20H16BrN3O5/c1-12-3-5-14(24(26)27)10-16(12)19-8-6-15(29-19)11-22-23-20(25)17-9-13(21)4-7-18(17)28-2/h3-11H,1-2H3,(H,23,25)/b22-11-. The minimum atomic E-state index is -0.458. The molecule has 3 rings (SSSR count). The van der Waals surface area contributed by atoms with Crippen LogP contribution in [0.2, 0.25) is 0 Å². The van der Waals surface area contributed by atoms with Crippen molar-refractivity contribution in [3.63, 3.8) is 0 Å². The number of nitrogens with one attached hydrogen (secondary N) is 1. The Balaban J connectivity index is 1.75. The first kappa shape index (κ1) is 20.3. The van der Waals surface area contributed by atoms with Crippen LogP contribution in [0.1, 0.15) is 21.7 Å². The number of carbonyl (C=O) groups is 1. The number of benzene rings is 2. The lowest BCUT2D eigenvalue weighted by atomic mass is 10.1. The Kier molecular flexibility index (Phi) is 6.08. The second-order valence-corrected chi connectivity index (χ2v) is 6.92. The zero-order chi connectivity index (χ0) is 21.0. The molecule has 1 N–H and O–H groups in total. The van der Waals surface area contributed by atoms with E-state index in [1.54, 1.807) is 36.4 Å². The number of nitro benzene ring substituents is 1. The zero-order valence-electron chi connectivity index (χ0n) is 15.5. The van der Waals surface area contributed by atoms with Gasteiger partial charge in [0.2, 0.25) is 0 Å². The first-order chi connectivity index (χ1) is 13.9. The molecule has 0 unspecified atom stereocenters. The van der Waals surface area contributed by atoms with Crippen molar-refractivity contribution in [2.45, 2.75) is 6.92 Å². The molecular formula is C20H16BrN3O5. The Morgan fingerprint density at radius 3 is 2.76 bits per heavy atom. The first-order valence-electron chi connectivity index (χ1n) is 8.41. The Bertz CT molecular complexity index is 1110. The first-order valence-corrected chi connectivity index (χ1v) is 9.20. The number of rotatable bonds is 6. The molecule has 0 saturated carbocycles. The number of nitrogens with zero attached hydrogens (tertiary/aromatic N) is 2. The van der Waals surface area contributed by atoms with E-state index in [2.05, 4.69) is 26.5 Å². The molecule has 0 radical (unpaired) electrons. The molecule has 0 aliphatic carbocycles. The third-order valence-corrected chi connectivity index (χ3v) is 4.58. The van der Waals surface area contributed by atoms with Crippen LogP contribution in [0.3, 0.4) is 0 Å².